The van der Waals surface area contributed by atoms with Crippen molar-refractivity contribution in [2.24, 2.45) is 5.92 Å². The third-order valence-electron chi connectivity index (χ3n) is 3.58. The van der Waals surface area contributed by atoms with Gasteiger partial charge in [-0.3, -0.25) is 0 Å². The largest absolute Gasteiger partial charge is 0.375 e. The molecule has 14 heavy (non-hydrogen) atoms. The highest BCUT2D eigenvalue weighted by atomic mass is 32.1. The highest BCUT2D eigenvalue weighted by Gasteiger charge is 2.35. The predicted molar refractivity (Wildman–Crippen MR) is 58.4 cm³/mol. The third-order valence-corrected chi connectivity index (χ3v) is 4.27. The van der Waals surface area contributed by atoms with E-state index in [1.54, 1.807) is 11.3 Å². The average Bonchev–Trinajstić information content (AvgIpc) is 2.66. The van der Waals surface area contributed by atoms with Crippen LogP contribution in [0.2, 0.25) is 0 Å². The second-order valence-electron chi connectivity index (χ2n) is 4.36. The Morgan fingerprint density at radius 3 is 2.71 bits per heavy atom. The van der Waals surface area contributed by atoms with Crippen LogP contribution in [0.1, 0.15) is 24.5 Å². The van der Waals surface area contributed by atoms with Crippen LogP contribution < -0.4 is 5.73 Å². The molecule has 2 bridgehead atoms. The smallest absolute Gasteiger partial charge is 0.180 e. The van der Waals surface area contributed by atoms with Gasteiger partial charge in [0.25, 0.3) is 0 Å². The van der Waals surface area contributed by atoms with E-state index in [4.69, 9.17) is 5.73 Å². The first-order valence-corrected chi connectivity index (χ1v) is 6.14. The van der Waals surface area contributed by atoms with Gasteiger partial charge in [0.15, 0.2) is 5.13 Å². The number of nitrogen functional groups attached to an aromatic ring is 1. The van der Waals surface area contributed by atoms with Gasteiger partial charge in [-0.2, -0.15) is 0 Å². The van der Waals surface area contributed by atoms with Crippen molar-refractivity contribution in [3.63, 3.8) is 0 Å². The Morgan fingerprint density at radius 2 is 2.21 bits per heavy atom. The van der Waals surface area contributed by atoms with Crippen molar-refractivity contribution in [3.05, 3.63) is 11.1 Å². The van der Waals surface area contributed by atoms with Crippen molar-refractivity contribution >= 4 is 16.5 Å². The molecule has 0 radical (unpaired) electrons. The number of hydrogen-bond acceptors (Lipinski definition) is 4. The Hall–Kier alpha value is -0.610. The van der Waals surface area contributed by atoms with Crippen LogP contribution in [-0.2, 0) is 0 Å². The lowest BCUT2D eigenvalue weighted by Gasteiger charge is -2.44. The van der Waals surface area contributed by atoms with Gasteiger partial charge in [-0.05, 0) is 31.8 Å². The molecular weight excluding hydrogens is 194 g/mol. The fourth-order valence-corrected chi connectivity index (χ4v) is 3.40. The SMILES string of the molecule is Nc1nc(C2CN3CCC2CC3)cs1. The molecule has 4 heterocycles. The number of rotatable bonds is 1. The van der Waals surface area contributed by atoms with Crippen LogP contribution in [0.5, 0.6) is 0 Å². The summed E-state index contributed by atoms with van der Waals surface area (Å²) in [6, 6.07) is 0. The van der Waals surface area contributed by atoms with Crippen LogP contribution in [0.3, 0.4) is 0 Å². The number of anilines is 1. The Bertz CT molecular complexity index is 328. The average molecular weight is 209 g/mol. The molecule has 0 aliphatic carbocycles. The molecule has 0 spiro atoms. The minimum Gasteiger partial charge on any atom is -0.375 e. The maximum atomic E-state index is 5.68. The second kappa shape index (κ2) is 3.21. The van der Waals surface area contributed by atoms with Crippen LogP contribution in [0.25, 0.3) is 0 Å². The number of thiazole rings is 1. The standard InChI is InChI=1S/C10H15N3S/c11-10-12-9(6-14-10)8-5-13-3-1-7(8)2-4-13/h6-8H,1-5H2,(H2,11,12). The summed E-state index contributed by atoms with van der Waals surface area (Å²) in [6.07, 6.45) is 2.70. The van der Waals surface area contributed by atoms with Gasteiger partial charge in [0.1, 0.15) is 0 Å². The summed E-state index contributed by atoms with van der Waals surface area (Å²) < 4.78 is 0. The Balaban J connectivity index is 1.85. The highest BCUT2D eigenvalue weighted by Crippen LogP contribution is 2.39. The van der Waals surface area contributed by atoms with Crippen molar-refractivity contribution in [1.82, 2.24) is 9.88 Å². The molecule has 3 nitrogen and oxygen atoms in total. The van der Waals surface area contributed by atoms with Crippen LogP contribution >= 0.6 is 11.3 Å². The van der Waals surface area contributed by atoms with E-state index in [9.17, 15) is 0 Å². The van der Waals surface area contributed by atoms with Gasteiger partial charge in [0, 0.05) is 17.8 Å². The number of fused-ring (bicyclic) bond motifs is 3. The van der Waals surface area contributed by atoms with Crippen LogP contribution in [-0.4, -0.2) is 29.5 Å². The molecule has 0 saturated carbocycles. The minimum atomic E-state index is 0.658. The van der Waals surface area contributed by atoms with Crippen molar-refractivity contribution in [2.45, 2.75) is 18.8 Å². The first-order valence-electron chi connectivity index (χ1n) is 5.26. The lowest BCUT2D eigenvalue weighted by atomic mass is 9.78. The third kappa shape index (κ3) is 1.33. The molecule has 1 unspecified atom stereocenters. The minimum absolute atomic E-state index is 0.658. The van der Waals surface area contributed by atoms with Crippen molar-refractivity contribution < 1.29 is 0 Å². The van der Waals surface area contributed by atoms with Gasteiger partial charge in [-0.1, -0.05) is 0 Å². The molecule has 76 valence electrons. The van der Waals surface area contributed by atoms with Crippen molar-refractivity contribution in [2.75, 3.05) is 25.4 Å². The molecule has 3 aliphatic rings. The fraction of sp³-hybridized carbons (Fsp3) is 0.700. The molecule has 4 heteroatoms. The predicted octanol–water partition coefficient (Wildman–Crippen LogP) is 1.53. The van der Waals surface area contributed by atoms with Crippen LogP contribution in [0.4, 0.5) is 5.13 Å². The molecule has 3 saturated heterocycles. The zero-order chi connectivity index (χ0) is 9.54. The van der Waals surface area contributed by atoms with Gasteiger partial charge in [0.05, 0.1) is 5.69 Å². The summed E-state index contributed by atoms with van der Waals surface area (Å²) in [5, 5.41) is 2.86. The monoisotopic (exact) mass is 209 g/mol. The van der Waals surface area contributed by atoms with Crippen molar-refractivity contribution in [3.8, 4) is 0 Å². The fourth-order valence-electron chi connectivity index (χ4n) is 2.77. The molecule has 0 amide bonds. The summed E-state index contributed by atoms with van der Waals surface area (Å²) in [6.45, 7) is 3.79. The first-order chi connectivity index (χ1) is 6.83. The zero-order valence-corrected chi connectivity index (χ0v) is 8.96. The number of nitrogens with zero attached hydrogens (tertiary/aromatic N) is 2. The summed E-state index contributed by atoms with van der Waals surface area (Å²) in [4.78, 5) is 6.98. The van der Waals surface area contributed by atoms with E-state index >= 15 is 0 Å². The van der Waals surface area contributed by atoms with E-state index in [-0.39, 0.29) is 0 Å². The molecule has 1 atom stereocenters. The quantitative estimate of drug-likeness (QED) is 0.762. The molecule has 1 aromatic rings. The highest BCUT2D eigenvalue weighted by molar-refractivity contribution is 7.13. The topological polar surface area (TPSA) is 42.1 Å². The Morgan fingerprint density at radius 1 is 1.43 bits per heavy atom. The van der Waals surface area contributed by atoms with E-state index in [1.165, 1.54) is 38.2 Å². The Kier molecular flexibility index (Phi) is 1.99. The van der Waals surface area contributed by atoms with Crippen LogP contribution in [0.15, 0.2) is 5.38 Å². The molecule has 4 rings (SSSR count). The first kappa shape index (κ1) is 8.68. The zero-order valence-electron chi connectivity index (χ0n) is 8.15. The molecule has 0 aromatic carbocycles. The summed E-state index contributed by atoms with van der Waals surface area (Å²) in [7, 11) is 0. The molecular formula is C10H15N3S. The summed E-state index contributed by atoms with van der Waals surface area (Å²) in [5.41, 5.74) is 6.92. The molecule has 3 fully saturated rings. The number of piperidine rings is 3. The molecule has 2 N–H and O–H groups in total. The maximum Gasteiger partial charge on any atom is 0.180 e. The van der Waals surface area contributed by atoms with Crippen molar-refractivity contribution in [1.29, 1.82) is 0 Å². The van der Waals surface area contributed by atoms with E-state index in [0.29, 0.717) is 5.92 Å². The molecule has 1 aromatic heterocycles. The van der Waals surface area contributed by atoms with E-state index < -0.39 is 0 Å². The van der Waals surface area contributed by atoms with E-state index in [1.807, 2.05) is 0 Å². The van der Waals surface area contributed by atoms with Gasteiger partial charge in [0.2, 0.25) is 0 Å². The van der Waals surface area contributed by atoms with Gasteiger partial charge in [-0.15, -0.1) is 11.3 Å². The van der Waals surface area contributed by atoms with Gasteiger partial charge >= 0.3 is 0 Å². The Labute approximate surface area is 87.9 Å². The van der Waals surface area contributed by atoms with Crippen LogP contribution in [0, 0.1) is 5.92 Å². The lowest BCUT2D eigenvalue weighted by molar-refractivity contribution is 0.0857. The summed E-state index contributed by atoms with van der Waals surface area (Å²) in [5.74, 6) is 1.52. The number of nitrogens with two attached hydrogens (primary N) is 1. The molecule has 3 aliphatic heterocycles. The number of aromatic nitrogens is 1. The van der Waals surface area contributed by atoms with Gasteiger partial charge in [-0.25, -0.2) is 4.98 Å². The second-order valence-corrected chi connectivity index (χ2v) is 5.24. The van der Waals surface area contributed by atoms with Gasteiger partial charge < -0.3 is 10.6 Å². The van der Waals surface area contributed by atoms with E-state index in [2.05, 4.69) is 15.3 Å². The summed E-state index contributed by atoms with van der Waals surface area (Å²) >= 11 is 1.57. The lowest BCUT2D eigenvalue weighted by Crippen LogP contribution is -2.46. The number of hydrogen-bond donors (Lipinski definition) is 1. The normalized spacial score (nSPS) is 36.1. The van der Waals surface area contributed by atoms with E-state index in [0.717, 1.165) is 11.0 Å². The maximum absolute atomic E-state index is 5.68.